The molecule has 1 aromatic carbocycles. The number of nitrogens with zero attached hydrogens (tertiary/aromatic N) is 1. The molecule has 0 atom stereocenters. The average molecular weight is 260 g/mol. The number of carbonyl (C=O) groups is 1. The van der Waals surface area contributed by atoms with Gasteiger partial charge in [-0.1, -0.05) is 30.3 Å². The summed E-state index contributed by atoms with van der Waals surface area (Å²) in [6, 6.07) is 10.7. The normalized spacial score (nSPS) is 16.3. The highest BCUT2D eigenvalue weighted by Gasteiger charge is 2.23. The summed E-state index contributed by atoms with van der Waals surface area (Å²) in [5.41, 5.74) is 1.25. The summed E-state index contributed by atoms with van der Waals surface area (Å²) in [5.74, 6) is 0.304. The molecule has 0 spiro atoms. The largest absolute Gasteiger partial charge is 0.340 e. The van der Waals surface area contributed by atoms with Crippen molar-refractivity contribution in [2.75, 3.05) is 19.6 Å². The number of nitrogens with one attached hydrogen (secondary N) is 1. The van der Waals surface area contributed by atoms with Crippen molar-refractivity contribution >= 4 is 5.91 Å². The van der Waals surface area contributed by atoms with E-state index in [4.69, 9.17) is 0 Å². The maximum absolute atomic E-state index is 12.4. The molecule has 1 aliphatic heterocycles. The Bertz CT molecular complexity index is 385. The fraction of sp³-hybridized carbons (Fsp3) is 0.562. The molecule has 1 aromatic rings. The minimum atomic E-state index is 0.304. The molecule has 0 aliphatic carbocycles. The molecule has 3 nitrogen and oxygen atoms in total. The minimum Gasteiger partial charge on any atom is -0.340 e. The molecule has 1 aliphatic rings. The van der Waals surface area contributed by atoms with Crippen LogP contribution in [-0.2, 0) is 11.2 Å². The van der Waals surface area contributed by atoms with Gasteiger partial charge in [-0.15, -0.1) is 0 Å². The van der Waals surface area contributed by atoms with Crippen molar-refractivity contribution in [1.82, 2.24) is 10.2 Å². The molecule has 0 radical (unpaired) electrons. The van der Waals surface area contributed by atoms with Crippen LogP contribution < -0.4 is 5.32 Å². The van der Waals surface area contributed by atoms with Gasteiger partial charge in [0.2, 0.25) is 5.91 Å². The maximum atomic E-state index is 12.4. The average Bonchev–Trinajstić information content (AvgIpc) is 2.48. The Morgan fingerprint density at radius 2 is 1.95 bits per heavy atom. The quantitative estimate of drug-likeness (QED) is 0.880. The molecule has 1 N–H and O–H groups in total. The summed E-state index contributed by atoms with van der Waals surface area (Å²) in [7, 11) is 0. The third-order valence-corrected chi connectivity index (χ3v) is 3.88. The summed E-state index contributed by atoms with van der Waals surface area (Å²) in [6.45, 7) is 4.99. The van der Waals surface area contributed by atoms with Gasteiger partial charge in [0.1, 0.15) is 0 Å². The third kappa shape index (κ3) is 4.06. The Balaban J connectivity index is 1.86. The lowest BCUT2D eigenvalue weighted by Gasteiger charge is -2.34. The third-order valence-electron chi connectivity index (χ3n) is 3.88. The molecule has 2 rings (SSSR count). The monoisotopic (exact) mass is 260 g/mol. The first-order valence-electron chi connectivity index (χ1n) is 7.35. The molecule has 1 heterocycles. The zero-order valence-corrected chi connectivity index (χ0v) is 11.8. The van der Waals surface area contributed by atoms with Gasteiger partial charge < -0.3 is 10.2 Å². The van der Waals surface area contributed by atoms with E-state index in [1.807, 2.05) is 18.2 Å². The van der Waals surface area contributed by atoms with Crippen molar-refractivity contribution in [3.05, 3.63) is 35.9 Å². The highest BCUT2D eigenvalue weighted by atomic mass is 16.2. The molecule has 3 heteroatoms. The van der Waals surface area contributed by atoms with Crippen LogP contribution in [0.2, 0.25) is 0 Å². The second kappa shape index (κ2) is 7.29. The standard InChI is InChI=1S/C16H24N2O/c1-2-18(15-10-12-17-13-11-15)16(19)9-8-14-6-4-3-5-7-14/h3-7,15,17H,2,8-13H2,1H3. The molecular formula is C16H24N2O. The van der Waals surface area contributed by atoms with E-state index in [-0.39, 0.29) is 0 Å². The van der Waals surface area contributed by atoms with E-state index < -0.39 is 0 Å². The zero-order chi connectivity index (χ0) is 13.5. The fourth-order valence-corrected chi connectivity index (χ4v) is 2.80. The molecule has 0 unspecified atom stereocenters. The van der Waals surface area contributed by atoms with E-state index >= 15 is 0 Å². The highest BCUT2D eigenvalue weighted by Crippen LogP contribution is 2.14. The van der Waals surface area contributed by atoms with E-state index in [0.717, 1.165) is 38.9 Å². The first-order chi connectivity index (χ1) is 9.31. The Morgan fingerprint density at radius 1 is 1.26 bits per heavy atom. The van der Waals surface area contributed by atoms with Gasteiger partial charge in [-0.05, 0) is 44.8 Å². The second-order valence-corrected chi connectivity index (χ2v) is 5.15. The molecule has 0 bridgehead atoms. The maximum Gasteiger partial charge on any atom is 0.223 e. The number of piperidine rings is 1. The summed E-state index contributed by atoms with van der Waals surface area (Å²) < 4.78 is 0. The summed E-state index contributed by atoms with van der Waals surface area (Å²) in [4.78, 5) is 14.4. The Morgan fingerprint density at radius 3 is 2.58 bits per heavy atom. The van der Waals surface area contributed by atoms with Gasteiger partial charge in [0.05, 0.1) is 0 Å². The lowest BCUT2D eigenvalue weighted by Crippen LogP contribution is -2.46. The molecular weight excluding hydrogens is 236 g/mol. The number of carbonyl (C=O) groups excluding carboxylic acids is 1. The SMILES string of the molecule is CCN(C(=O)CCc1ccccc1)C1CCNCC1. The minimum absolute atomic E-state index is 0.304. The first kappa shape index (κ1) is 14.1. The number of benzene rings is 1. The van der Waals surface area contributed by atoms with Crippen LogP contribution in [0, 0.1) is 0 Å². The molecule has 1 amide bonds. The topological polar surface area (TPSA) is 32.3 Å². The van der Waals surface area contributed by atoms with E-state index in [1.54, 1.807) is 0 Å². The van der Waals surface area contributed by atoms with Gasteiger partial charge in [0.15, 0.2) is 0 Å². The molecule has 0 saturated carbocycles. The van der Waals surface area contributed by atoms with Crippen LogP contribution in [-0.4, -0.2) is 36.5 Å². The van der Waals surface area contributed by atoms with Crippen molar-refractivity contribution in [3.8, 4) is 0 Å². The fourth-order valence-electron chi connectivity index (χ4n) is 2.80. The number of amides is 1. The molecule has 0 aromatic heterocycles. The molecule has 104 valence electrons. The second-order valence-electron chi connectivity index (χ2n) is 5.15. The predicted molar refractivity (Wildman–Crippen MR) is 78.0 cm³/mol. The van der Waals surface area contributed by atoms with E-state index in [0.29, 0.717) is 18.4 Å². The lowest BCUT2D eigenvalue weighted by molar-refractivity contribution is -0.133. The highest BCUT2D eigenvalue weighted by molar-refractivity contribution is 5.76. The van der Waals surface area contributed by atoms with Crippen LogP contribution in [0.15, 0.2) is 30.3 Å². The smallest absolute Gasteiger partial charge is 0.223 e. The van der Waals surface area contributed by atoms with E-state index in [1.165, 1.54) is 5.56 Å². The first-order valence-corrected chi connectivity index (χ1v) is 7.35. The van der Waals surface area contributed by atoms with Gasteiger partial charge in [0.25, 0.3) is 0 Å². The van der Waals surface area contributed by atoms with Gasteiger partial charge in [-0.25, -0.2) is 0 Å². The molecule has 19 heavy (non-hydrogen) atoms. The van der Waals surface area contributed by atoms with Crippen LogP contribution in [0.4, 0.5) is 0 Å². The van der Waals surface area contributed by atoms with Gasteiger partial charge in [0, 0.05) is 19.0 Å². The van der Waals surface area contributed by atoms with Gasteiger partial charge in [-0.3, -0.25) is 4.79 Å². The van der Waals surface area contributed by atoms with E-state index in [2.05, 4.69) is 29.3 Å². The number of rotatable bonds is 5. The lowest BCUT2D eigenvalue weighted by atomic mass is 10.0. The Hall–Kier alpha value is -1.35. The Kier molecular flexibility index (Phi) is 5.40. The van der Waals surface area contributed by atoms with Crippen molar-refractivity contribution in [2.45, 2.75) is 38.6 Å². The zero-order valence-electron chi connectivity index (χ0n) is 11.8. The van der Waals surface area contributed by atoms with Crippen molar-refractivity contribution in [3.63, 3.8) is 0 Å². The van der Waals surface area contributed by atoms with Crippen molar-refractivity contribution < 1.29 is 4.79 Å². The van der Waals surface area contributed by atoms with Crippen LogP contribution in [0.3, 0.4) is 0 Å². The van der Waals surface area contributed by atoms with E-state index in [9.17, 15) is 4.79 Å². The summed E-state index contributed by atoms with van der Waals surface area (Å²) >= 11 is 0. The molecule has 1 fully saturated rings. The summed E-state index contributed by atoms with van der Waals surface area (Å²) in [5, 5.41) is 3.35. The number of hydrogen-bond donors (Lipinski definition) is 1. The van der Waals surface area contributed by atoms with Crippen LogP contribution in [0.5, 0.6) is 0 Å². The number of aryl methyl sites for hydroxylation is 1. The van der Waals surface area contributed by atoms with Gasteiger partial charge >= 0.3 is 0 Å². The predicted octanol–water partition coefficient (Wildman–Crippen LogP) is 2.22. The Labute approximate surface area is 116 Å². The van der Waals surface area contributed by atoms with Crippen LogP contribution >= 0.6 is 0 Å². The van der Waals surface area contributed by atoms with Crippen LogP contribution in [0.25, 0.3) is 0 Å². The van der Waals surface area contributed by atoms with Crippen molar-refractivity contribution in [1.29, 1.82) is 0 Å². The van der Waals surface area contributed by atoms with Gasteiger partial charge in [-0.2, -0.15) is 0 Å². The summed E-state index contributed by atoms with van der Waals surface area (Å²) in [6.07, 6.45) is 3.65. The van der Waals surface area contributed by atoms with Crippen LogP contribution in [0.1, 0.15) is 31.7 Å². The van der Waals surface area contributed by atoms with Crippen molar-refractivity contribution in [2.24, 2.45) is 0 Å². The molecule has 1 saturated heterocycles. The number of hydrogen-bond acceptors (Lipinski definition) is 2.